The zero-order valence-electron chi connectivity index (χ0n) is 17.5. The maximum atomic E-state index is 14.0. The molecule has 0 saturated heterocycles. The Bertz CT molecular complexity index is 991. The van der Waals surface area contributed by atoms with Gasteiger partial charge in [0.25, 0.3) is 5.60 Å². The maximum Gasteiger partial charge on any atom is 0.432 e. The van der Waals surface area contributed by atoms with Crippen molar-refractivity contribution >= 4 is 11.9 Å². The first kappa shape index (κ1) is 23.4. The summed E-state index contributed by atoms with van der Waals surface area (Å²) in [5.74, 6) is -1.64. The minimum absolute atomic E-state index is 0.0748. The summed E-state index contributed by atoms with van der Waals surface area (Å²) in [6.45, 7) is 1.00. The van der Waals surface area contributed by atoms with Crippen LogP contribution in [0.4, 0.5) is 13.2 Å². The van der Waals surface area contributed by atoms with Crippen molar-refractivity contribution in [1.29, 1.82) is 0 Å². The number of esters is 2. The zero-order valence-corrected chi connectivity index (χ0v) is 17.5. The monoisotopic (exact) mass is 454 g/mol. The topological polar surface area (TPSA) is 80.3 Å². The second kappa shape index (κ2) is 9.07. The smallest absolute Gasteiger partial charge is 0.432 e. The first-order valence-electron chi connectivity index (χ1n) is 9.51. The Balaban J connectivity index is 1.80. The summed E-state index contributed by atoms with van der Waals surface area (Å²) in [6.07, 6.45) is -5.99. The van der Waals surface area contributed by atoms with E-state index in [1.54, 1.807) is 6.92 Å². The second-order valence-corrected chi connectivity index (χ2v) is 6.96. The van der Waals surface area contributed by atoms with Gasteiger partial charge in [-0.3, -0.25) is 0 Å². The number of rotatable bonds is 6. The molecule has 0 unspecified atom stereocenters. The van der Waals surface area contributed by atoms with E-state index in [0.29, 0.717) is 11.3 Å². The van der Waals surface area contributed by atoms with Crippen LogP contribution in [0.2, 0.25) is 0 Å². The highest BCUT2D eigenvalue weighted by atomic mass is 19.4. The molecule has 3 rings (SSSR count). The van der Waals surface area contributed by atoms with Gasteiger partial charge in [0.2, 0.25) is 0 Å². The zero-order chi connectivity index (χ0) is 23.5. The van der Waals surface area contributed by atoms with Gasteiger partial charge in [0.15, 0.2) is 17.6 Å². The Morgan fingerprint density at radius 1 is 1.09 bits per heavy atom. The van der Waals surface area contributed by atoms with Crippen LogP contribution in [-0.4, -0.2) is 51.7 Å². The van der Waals surface area contributed by atoms with Gasteiger partial charge >= 0.3 is 18.1 Å². The lowest BCUT2D eigenvalue weighted by Gasteiger charge is -2.33. The molecule has 0 saturated carbocycles. The number of methoxy groups -OCH3 is 2. The third-order valence-corrected chi connectivity index (χ3v) is 5.06. The summed E-state index contributed by atoms with van der Waals surface area (Å²) < 4.78 is 67.6. The first-order valence-corrected chi connectivity index (χ1v) is 9.51. The third-order valence-electron chi connectivity index (χ3n) is 5.06. The fourth-order valence-electron chi connectivity index (χ4n) is 3.38. The quantitative estimate of drug-likeness (QED) is 0.618. The van der Waals surface area contributed by atoms with Gasteiger partial charge in [-0.1, -0.05) is 30.3 Å². The number of ether oxygens (including phenoxy) is 5. The van der Waals surface area contributed by atoms with Crippen LogP contribution in [0.15, 0.2) is 42.5 Å². The Morgan fingerprint density at radius 3 is 2.38 bits per heavy atom. The average Bonchev–Trinajstić information content (AvgIpc) is 2.78. The van der Waals surface area contributed by atoms with Gasteiger partial charge in [-0.25, -0.2) is 9.59 Å². The minimum Gasteiger partial charge on any atom is -0.486 e. The van der Waals surface area contributed by atoms with E-state index in [-0.39, 0.29) is 17.9 Å². The molecule has 0 spiro atoms. The molecular formula is C22H21F3O7. The molecule has 0 bridgehead atoms. The number of halogens is 3. The van der Waals surface area contributed by atoms with E-state index >= 15 is 0 Å². The number of benzene rings is 2. The molecule has 1 heterocycles. The van der Waals surface area contributed by atoms with Gasteiger partial charge in [-0.2, -0.15) is 13.2 Å². The van der Waals surface area contributed by atoms with E-state index < -0.39 is 42.0 Å². The summed E-state index contributed by atoms with van der Waals surface area (Å²) in [5, 5.41) is 0. The van der Waals surface area contributed by atoms with Crippen LogP contribution in [0.25, 0.3) is 0 Å². The Morgan fingerprint density at radius 2 is 1.78 bits per heavy atom. The van der Waals surface area contributed by atoms with E-state index in [9.17, 15) is 22.8 Å². The molecule has 1 aliphatic heterocycles. The normalized spacial score (nSPS) is 17.2. The fraction of sp³-hybridized carbons (Fsp3) is 0.364. The lowest BCUT2D eigenvalue weighted by Crippen LogP contribution is -2.52. The van der Waals surface area contributed by atoms with Crippen molar-refractivity contribution < 1.29 is 46.4 Å². The number of carbonyl (C=O) groups is 2. The third kappa shape index (κ3) is 4.10. The molecule has 1 aliphatic rings. The molecule has 0 fully saturated rings. The van der Waals surface area contributed by atoms with Crippen LogP contribution in [0, 0.1) is 6.92 Å². The van der Waals surface area contributed by atoms with E-state index in [0.717, 1.165) is 19.2 Å². The molecule has 32 heavy (non-hydrogen) atoms. The highest BCUT2D eigenvalue weighted by molar-refractivity contribution is 5.92. The molecule has 10 heteroatoms. The van der Waals surface area contributed by atoms with Gasteiger partial charge in [-0.15, -0.1) is 0 Å². The summed E-state index contributed by atoms with van der Waals surface area (Å²) in [6, 6.07) is 9.53. The predicted octanol–water partition coefficient (Wildman–Crippen LogP) is 3.57. The molecule has 0 amide bonds. The van der Waals surface area contributed by atoms with Crippen LogP contribution in [0.3, 0.4) is 0 Å². The number of alkyl halides is 3. The molecular weight excluding hydrogens is 433 g/mol. The highest BCUT2D eigenvalue weighted by Gasteiger charge is 2.64. The largest absolute Gasteiger partial charge is 0.486 e. The van der Waals surface area contributed by atoms with Crippen molar-refractivity contribution in [2.45, 2.75) is 24.8 Å². The molecule has 0 aliphatic carbocycles. The van der Waals surface area contributed by atoms with Crippen molar-refractivity contribution in [2.75, 3.05) is 27.4 Å². The molecule has 0 radical (unpaired) electrons. The van der Waals surface area contributed by atoms with E-state index in [2.05, 4.69) is 0 Å². The number of hydrogen-bond donors (Lipinski definition) is 0. The van der Waals surface area contributed by atoms with Crippen molar-refractivity contribution in [1.82, 2.24) is 0 Å². The summed E-state index contributed by atoms with van der Waals surface area (Å²) >= 11 is 0. The van der Waals surface area contributed by atoms with E-state index in [1.165, 1.54) is 37.4 Å². The Hall–Kier alpha value is -3.27. The average molecular weight is 454 g/mol. The maximum absolute atomic E-state index is 14.0. The fourth-order valence-corrected chi connectivity index (χ4v) is 3.38. The summed E-state index contributed by atoms with van der Waals surface area (Å²) in [4.78, 5) is 24.5. The van der Waals surface area contributed by atoms with Crippen LogP contribution >= 0.6 is 0 Å². The van der Waals surface area contributed by atoms with Gasteiger partial charge in [-0.05, 0) is 19.1 Å². The molecule has 0 N–H and O–H groups in total. The molecule has 0 aromatic heterocycles. The van der Waals surface area contributed by atoms with Crippen molar-refractivity contribution in [3.05, 3.63) is 59.2 Å². The minimum atomic E-state index is -5.08. The number of carbonyl (C=O) groups excluding carboxylic acids is 2. The van der Waals surface area contributed by atoms with Crippen LogP contribution < -0.4 is 9.47 Å². The molecule has 7 nitrogen and oxygen atoms in total. The van der Waals surface area contributed by atoms with Gasteiger partial charge in [0, 0.05) is 18.2 Å². The second-order valence-electron chi connectivity index (χ2n) is 6.96. The van der Waals surface area contributed by atoms with Crippen molar-refractivity contribution in [2.24, 2.45) is 0 Å². The van der Waals surface area contributed by atoms with Gasteiger partial charge in [0.1, 0.15) is 13.2 Å². The van der Waals surface area contributed by atoms with Gasteiger partial charge < -0.3 is 23.7 Å². The predicted molar refractivity (Wildman–Crippen MR) is 105 cm³/mol. The van der Waals surface area contributed by atoms with Crippen molar-refractivity contribution in [3.8, 4) is 11.5 Å². The highest BCUT2D eigenvalue weighted by Crippen LogP contribution is 2.43. The van der Waals surface area contributed by atoms with Crippen molar-refractivity contribution in [3.63, 3.8) is 0 Å². The Labute approximate surface area is 182 Å². The van der Waals surface area contributed by atoms with E-state index in [4.69, 9.17) is 23.7 Å². The van der Waals surface area contributed by atoms with Crippen LogP contribution in [0.5, 0.6) is 11.5 Å². The molecule has 2 aromatic carbocycles. The lowest BCUT2D eigenvalue weighted by atomic mass is 9.93. The first-order chi connectivity index (χ1) is 15.2. The molecule has 172 valence electrons. The Kier molecular flexibility index (Phi) is 6.63. The number of hydrogen-bond acceptors (Lipinski definition) is 7. The number of fused-ring (bicyclic) bond motifs is 1. The lowest BCUT2D eigenvalue weighted by molar-refractivity contribution is -0.277. The standard InChI is InChI=1S/C22H21F3O7/c1-13-16(19(26)28-2)9-10-17-18(13)32-15(11-30-17)12-31-20(27)21(29-3,22(23,24)25)14-7-5-4-6-8-14/h4-10,15H,11-12H2,1-3H3/t15-,21-/m1/s1. The summed E-state index contributed by atoms with van der Waals surface area (Å²) in [5.41, 5.74) is -3.04. The SMILES string of the molecule is COC(=O)c1ccc2c(c1C)O[C@@H](COC(=O)[C@](OC)(c1ccccc1)C(F)(F)F)CO2. The van der Waals surface area contributed by atoms with E-state index in [1.807, 2.05) is 0 Å². The molecule has 2 aromatic rings. The van der Waals surface area contributed by atoms with Gasteiger partial charge in [0.05, 0.1) is 12.7 Å². The summed E-state index contributed by atoms with van der Waals surface area (Å²) in [7, 11) is 2.02. The van der Waals surface area contributed by atoms with Crippen LogP contribution in [-0.2, 0) is 24.6 Å². The van der Waals surface area contributed by atoms with Crippen LogP contribution in [0.1, 0.15) is 21.5 Å². The molecule has 2 atom stereocenters.